The van der Waals surface area contributed by atoms with Gasteiger partial charge in [0.05, 0.1) is 0 Å². The molecule has 2 rings (SSSR count). The van der Waals surface area contributed by atoms with Gasteiger partial charge in [0.2, 0.25) is 5.88 Å². The smallest absolute Gasteiger partial charge is 0.266 e. The second-order valence-corrected chi connectivity index (χ2v) is 4.30. The third kappa shape index (κ3) is 3.81. The largest absolute Gasteiger partial charge is 0.438 e. The van der Waals surface area contributed by atoms with Gasteiger partial charge in [-0.05, 0) is 30.7 Å². The van der Waals surface area contributed by atoms with Gasteiger partial charge in [0.15, 0.2) is 0 Å². The molecular weight excluding hydrogens is 268 g/mol. The first-order valence-corrected chi connectivity index (χ1v) is 6.19. The van der Waals surface area contributed by atoms with Gasteiger partial charge < -0.3 is 9.84 Å². The van der Waals surface area contributed by atoms with Crippen molar-refractivity contribution in [3.05, 3.63) is 51.8 Å². The van der Waals surface area contributed by atoms with E-state index in [-0.39, 0.29) is 12.2 Å². The molecule has 0 aliphatic heterocycles. The fourth-order valence-electron chi connectivity index (χ4n) is 1.49. The molecule has 1 N–H and O–H groups in total. The van der Waals surface area contributed by atoms with E-state index < -0.39 is 0 Å². The van der Waals surface area contributed by atoms with Gasteiger partial charge in [-0.15, -0.1) is 5.10 Å². The van der Waals surface area contributed by atoms with Crippen LogP contribution in [0.2, 0.25) is 5.02 Å². The zero-order valence-electron chi connectivity index (χ0n) is 10.1. The van der Waals surface area contributed by atoms with Gasteiger partial charge in [-0.2, -0.15) is 0 Å². The summed E-state index contributed by atoms with van der Waals surface area (Å²) in [5.41, 5.74) is -0.225. The molecule has 1 heterocycles. The number of aryl methyl sites for hydroxylation is 1. The molecule has 0 unspecified atom stereocenters. The number of hydrogen-bond donors (Lipinski definition) is 1. The van der Waals surface area contributed by atoms with Crippen LogP contribution in [0, 0.1) is 0 Å². The van der Waals surface area contributed by atoms with Crippen LogP contribution >= 0.6 is 11.6 Å². The molecule has 5 nitrogen and oxygen atoms in total. The Bertz CT molecular complexity index is 596. The molecule has 100 valence electrons. The number of aliphatic hydroxyl groups is 1. The lowest BCUT2D eigenvalue weighted by Crippen LogP contribution is -2.22. The van der Waals surface area contributed by atoms with E-state index in [0.717, 1.165) is 0 Å². The third-order valence-electron chi connectivity index (χ3n) is 2.41. The van der Waals surface area contributed by atoms with Crippen molar-refractivity contribution in [3.8, 4) is 11.6 Å². The third-order valence-corrected chi connectivity index (χ3v) is 2.66. The first-order valence-electron chi connectivity index (χ1n) is 5.81. The minimum atomic E-state index is -0.225. The molecule has 0 radical (unpaired) electrons. The fourth-order valence-corrected chi connectivity index (χ4v) is 1.61. The van der Waals surface area contributed by atoms with Crippen LogP contribution in [0.4, 0.5) is 0 Å². The van der Waals surface area contributed by atoms with Crippen molar-refractivity contribution in [3.63, 3.8) is 0 Å². The maximum absolute atomic E-state index is 11.5. The molecule has 1 aromatic heterocycles. The van der Waals surface area contributed by atoms with Gasteiger partial charge in [-0.1, -0.05) is 11.6 Å². The number of halogens is 1. The van der Waals surface area contributed by atoms with Crippen molar-refractivity contribution in [2.75, 3.05) is 6.61 Å². The average molecular weight is 281 g/mol. The van der Waals surface area contributed by atoms with Crippen LogP contribution in [-0.4, -0.2) is 21.5 Å². The Balaban J connectivity index is 2.16. The second kappa shape index (κ2) is 6.36. The van der Waals surface area contributed by atoms with Crippen LogP contribution in [0.1, 0.15) is 6.42 Å². The van der Waals surface area contributed by atoms with Crippen molar-refractivity contribution < 1.29 is 9.84 Å². The number of ether oxygens (including phenoxy) is 1. The normalized spacial score (nSPS) is 10.4. The lowest BCUT2D eigenvalue weighted by molar-refractivity contribution is 0.274. The Morgan fingerprint density at radius 2 is 1.95 bits per heavy atom. The van der Waals surface area contributed by atoms with Crippen molar-refractivity contribution in [2.24, 2.45) is 0 Å². The second-order valence-electron chi connectivity index (χ2n) is 3.87. The first kappa shape index (κ1) is 13.6. The van der Waals surface area contributed by atoms with Crippen LogP contribution in [0.3, 0.4) is 0 Å². The molecule has 0 bridgehead atoms. The van der Waals surface area contributed by atoms with Crippen molar-refractivity contribution in [2.45, 2.75) is 13.0 Å². The number of rotatable bonds is 5. The molecule has 0 saturated carbocycles. The highest BCUT2D eigenvalue weighted by molar-refractivity contribution is 6.30. The molecule has 0 aliphatic carbocycles. The summed E-state index contributed by atoms with van der Waals surface area (Å²) in [7, 11) is 0. The van der Waals surface area contributed by atoms with Gasteiger partial charge >= 0.3 is 0 Å². The number of benzene rings is 1. The summed E-state index contributed by atoms with van der Waals surface area (Å²) in [5.74, 6) is 0.907. The van der Waals surface area contributed by atoms with Gasteiger partial charge in [0.1, 0.15) is 5.75 Å². The Morgan fingerprint density at radius 1 is 1.21 bits per heavy atom. The monoisotopic (exact) mass is 280 g/mol. The predicted octanol–water partition coefficient (Wildman–Crippen LogP) is 2.07. The molecule has 6 heteroatoms. The molecule has 1 aromatic carbocycles. The van der Waals surface area contributed by atoms with E-state index in [0.29, 0.717) is 29.6 Å². The summed E-state index contributed by atoms with van der Waals surface area (Å²) in [6.45, 7) is 0.365. The number of aliphatic hydroxyl groups excluding tert-OH is 1. The van der Waals surface area contributed by atoms with Gasteiger partial charge in [-0.3, -0.25) is 4.79 Å². The Kier molecular flexibility index (Phi) is 4.54. The summed E-state index contributed by atoms with van der Waals surface area (Å²) in [5, 5.41) is 13.4. The van der Waals surface area contributed by atoms with Crippen LogP contribution in [0.5, 0.6) is 11.6 Å². The standard InChI is InChI=1S/C13H13ClN2O3/c14-10-2-4-11(5-3-10)19-12-6-7-13(18)16(15-12)8-1-9-17/h2-7,17H,1,8-9H2. The topological polar surface area (TPSA) is 64.3 Å². The number of hydrogen-bond acceptors (Lipinski definition) is 4. The minimum absolute atomic E-state index is 0.0103. The minimum Gasteiger partial charge on any atom is -0.438 e. The zero-order valence-corrected chi connectivity index (χ0v) is 10.9. The maximum Gasteiger partial charge on any atom is 0.266 e. The Morgan fingerprint density at radius 3 is 2.63 bits per heavy atom. The number of aromatic nitrogens is 2. The lowest BCUT2D eigenvalue weighted by atomic mass is 10.3. The average Bonchev–Trinajstić information content (AvgIpc) is 2.42. The molecule has 19 heavy (non-hydrogen) atoms. The Labute approximate surface area is 115 Å². The van der Waals surface area contributed by atoms with Crippen LogP contribution < -0.4 is 10.3 Å². The van der Waals surface area contributed by atoms with E-state index in [1.807, 2.05) is 0 Å². The summed E-state index contributed by atoms with van der Waals surface area (Å²) < 4.78 is 6.78. The predicted molar refractivity (Wildman–Crippen MR) is 71.7 cm³/mol. The van der Waals surface area contributed by atoms with Gasteiger partial charge in [-0.25, -0.2) is 4.68 Å². The highest BCUT2D eigenvalue weighted by Crippen LogP contribution is 2.20. The highest BCUT2D eigenvalue weighted by Gasteiger charge is 2.03. The first-order chi connectivity index (χ1) is 9.19. The molecule has 0 atom stereocenters. The maximum atomic E-state index is 11.5. The molecule has 2 aromatic rings. The van der Waals surface area contributed by atoms with Crippen LogP contribution in [0.15, 0.2) is 41.2 Å². The quantitative estimate of drug-likeness (QED) is 0.911. The van der Waals surface area contributed by atoms with Crippen molar-refractivity contribution >= 4 is 11.6 Å². The van der Waals surface area contributed by atoms with Gasteiger partial charge in [0, 0.05) is 30.3 Å². The fraction of sp³-hybridized carbons (Fsp3) is 0.231. The summed E-state index contributed by atoms with van der Waals surface area (Å²) in [4.78, 5) is 11.5. The van der Waals surface area contributed by atoms with E-state index in [1.54, 1.807) is 24.3 Å². The summed E-state index contributed by atoms with van der Waals surface area (Å²) in [6, 6.07) is 9.74. The molecule has 0 spiro atoms. The van der Waals surface area contributed by atoms with Crippen LogP contribution in [-0.2, 0) is 6.54 Å². The molecule has 0 fully saturated rings. The highest BCUT2D eigenvalue weighted by atomic mass is 35.5. The summed E-state index contributed by atoms with van der Waals surface area (Å²) >= 11 is 5.78. The molecule has 0 saturated heterocycles. The molecule has 0 amide bonds. The zero-order chi connectivity index (χ0) is 13.7. The number of nitrogens with zero attached hydrogens (tertiary/aromatic N) is 2. The van der Waals surface area contributed by atoms with Crippen molar-refractivity contribution in [1.29, 1.82) is 0 Å². The molecule has 0 aliphatic rings. The van der Waals surface area contributed by atoms with E-state index >= 15 is 0 Å². The van der Waals surface area contributed by atoms with E-state index in [2.05, 4.69) is 5.10 Å². The van der Waals surface area contributed by atoms with Crippen LogP contribution in [0.25, 0.3) is 0 Å². The van der Waals surface area contributed by atoms with Crippen molar-refractivity contribution in [1.82, 2.24) is 9.78 Å². The van der Waals surface area contributed by atoms with E-state index in [4.69, 9.17) is 21.4 Å². The van der Waals surface area contributed by atoms with E-state index in [1.165, 1.54) is 16.8 Å². The Hall–Kier alpha value is -1.85. The molecular formula is C13H13ClN2O3. The summed E-state index contributed by atoms with van der Waals surface area (Å²) in [6.07, 6.45) is 0.470. The SMILES string of the molecule is O=c1ccc(Oc2ccc(Cl)cc2)nn1CCCO. The lowest BCUT2D eigenvalue weighted by Gasteiger charge is -2.07. The van der Waals surface area contributed by atoms with E-state index in [9.17, 15) is 4.79 Å². The van der Waals surface area contributed by atoms with Gasteiger partial charge in [0.25, 0.3) is 5.56 Å².